The van der Waals surface area contributed by atoms with Gasteiger partial charge in [0.05, 0.1) is 12.2 Å². The Kier molecular flexibility index (Phi) is 6.40. The van der Waals surface area contributed by atoms with Gasteiger partial charge < -0.3 is 9.47 Å². The van der Waals surface area contributed by atoms with Crippen LogP contribution < -0.4 is 0 Å². The van der Waals surface area contributed by atoms with Crippen molar-refractivity contribution in [3.63, 3.8) is 0 Å². The van der Waals surface area contributed by atoms with Gasteiger partial charge in [-0.15, -0.1) is 0 Å². The van der Waals surface area contributed by atoms with E-state index in [0.717, 1.165) is 31.3 Å². The smallest absolute Gasteiger partial charge is 0.338 e. The van der Waals surface area contributed by atoms with Crippen molar-refractivity contribution in [3.05, 3.63) is 47.0 Å². The molecule has 0 amide bonds. The van der Waals surface area contributed by atoms with Crippen LogP contribution in [0.15, 0.2) is 35.9 Å². The number of ether oxygens (including phenoxy) is 2. The van der Waals surface area contributed by atoms with Gasteiger partial charge in [0.25, 0.3) is 0 Å². The van der Waals surface area contributed by atoms with E-state index in [1.54, 1.807) is 13.0 Å². The van der Waals surface area contributed by atoms with Gasteiger partial charge in [-0.25, -0.2) is 9.59 Å². The molecule has 1 aromatic carbocycles. The van der Waals surface area contributed by atoms with Gasteiger partial charge in [0, 0.05) is 6.08 Å². The normalized spacial score (nSPS) is 17.8. The van der Waals surface area contributed by atoms with Crippen LogP contribution in [0.25, 0.3) is 0 Å². The molecule has 0 saturated heterocycles. The monoisotopic (exact) mass is 344 g/mol. The molecule has 4 heteroatoms. The first-order chi connectivity index (χ1) is 11.8. The van der Waals surface area contributed by atoms with Crippen molar-refractivity contribution in [2.75, 3.05) is 6.61 Å². The van der Waals surface area contributed by atoms with E-state index in [1.807, 2.05) is 45.0 Å². The quantitative estimate of drug-likeness (QED) is 0.582. The molecule has 1 aliphatic carbocycles. The van der Waals surface area contributed by atoms with Gasteiger partial charge in [-0.2, -0.15) is 0 Å². The zero-order chi connectivity index (χ0) is 18.4. The first-order valence-electron chi connectivity index (χ1n) is 8.98. The molecule has 4 nitrogen and oxygen atoms in total. The number of carbonyl (C=O) groups is 2. The lowest BCUT2D eigenvalue weighted by molar-refractivity contribution is -0.148. The minimum absolute atomic E-state index is 0.250. The number of carbonyl (C=O) groups excluding carboxylic acids is 2. The molecule has 0 spiro atoms. The molecule has 2 rings (SSSR count). The Morgan fingerprint density at radius 1 is 1.12 bits per heavy atom. The highest BCUT2D eigenvalue weighted by Gasteiger charge is 2.21. The summed E-state index contributed by atoms with van der Waals surface area (Å²) in [6.45, 7) is 7.81. The average molecular weight is 344 g/mol. The van der Waals surface area contributed by atoms with E-state index >= 15 is 0 Å². The van der Waals surface area contributed by atoms with E-state index < -0.39 is 5.60 Å². The first-order valence-corrected chi connectivity index (χ1v) is 8.98. The Labute approximate surface area is 150 Å². The highest BCUT2D eigenvalue weighted by Crippen LogP contribution is 2.35. The number of allylic oxidation sites excluding steroid dienone is 1. The van der Waals surface area contributed by atoms with Crippen LogP contribution in [0.5, 0.6) is 0 Å². The molecule has 0 unspecified atom stereocenters. The van der Waals surface area contributed by atoms with Crippen LogP contribution in [0, 0.1) is 0 Å². The lowest BCUT2D eigenvalue weighted by Gasteiger charge is -2.25. The van der Waals surface area contributed by atoms with Gasteiger partial charge in [0.1, 0.15) is 5.60 Å². The van der Waals surface area contributed by atoms with E-state index in [-0.39, 0.29) is 11.9 Å². The van der Waals surface area contributed by atoms with Crippen molar-refractivity contribution in [1.82, 2.24) is 0 Å². The van der Waals surface area contributed by atoms with E-state index in [1.165, 1.54) is 5.56 Å². The summed E-state index contributed by atoms with van der Waals surface area (Å²) in [6.07, 6.45) is 5.49. The van der Waals surface area contributed by atoms with Crippen LogP contribution >= 0.6 is 0 Å². The van der Waals surface area contributed by atoms with Gasteiger partial charge in [-0.3, -0.25) is 0 Å². The highest BCUT2D eigenvalue weighted by atomic mass is 16.6. The summed E-state index contributed by atoms with van der Waals surface area (Å²) in [4.78, 5) is 23.6. The maximum atomic E-state index is 11.9. The third kappa shape index (κ3) is 6.04. The lowest BCUT2D eigenvalue weighted by Crippen LogP contribution is -2.23. The number of esters is 2. The molecule has 0 aromatic heterocycles. The predicted molar refractivity (Wildman–Crippen MR) is 97.5 cm³/mol. The van der Waals surface area contributed by atoms with Crippen LogP contribution in [-0.4, -0.2) is 24.1 Å². The Balaban J connectivity index is 1.91. The van der Waals surface area contributed by atoms with Gasteiger partial charge in [0.2, 0.25) is 0 Å². The van der Waals surface area contributed by atoms with Crippen LogP contribution in [0.4, 0.5) is 0 Å². The number of rotatable bonds is 4. The van der Waals surface area contributed by atoms with Crippen molar-refractivity contribution >= 4 is 11.9 Å². The maximum absolute atomic E-state index is 11.9. The van der Waals surface area contributed by atoms with E-state index in [0.29, 0.717) is 18.1 Å². The van der Waals surface area contributed by atoms with E-state index in [2.05, 4.69) is 0 Å². The minimum atomic E-state index is -0.452. The zero-order valence-electron chi connectivity index (χ0n) is 15.6. The zero-order valence-corrected chi connectivity index (χ0v) is 15.6. The van der Waals surface area contributed by atoms with Crippen LogP contribution in [-0.2, 0) is 14.3 Å². The summed E-state index contributed by atoms with van der Waals surface area (Å²) < 4.78 is 10.4. The second-order valence-electron chi connectivity index (χ2n) is 7.45. The van der Waals surface area contributed by atoms with Crippen molar-refractivity contribution in [2.45, 2.75) is 64.9 Å². The number of hydrogen-bond acceptors (Lipinski definition) is 4. The summed E-state index contributed by atoms with van der Waals surface area (Å²) in [5.41, 5.74) is 2.54. The van der Waals surface area contributed by atoms with Crippen LogP contribution in [0.1, 0.15) is 75.2 Å². The highest BCUT2D eigenvalue weighted by molar-refractivity contribution is 5.89. The molecule has 1 aromatic rings. The second-order valence-corrected chi connectivity index (χ2v) is 7.45. The van der Waals surface area contributed by atoms with Gasteiger partial charge in [-0.1, -0.05) is 17.7 Å². The topological polar surface area (TPSA) is 52.6 Å². The van der Waals surface area contributed by atoms with Gasteiger partial charge >= 0.3 is 11.9 Å². The summed E-state index contributed by atoms with van der Waals surface area (Å²) in [5.74, 6) is -0.0629. The Morgan fingerprint density at radius 3 is 2.24 bits per heavy atom. The average Bonchev–Trinajstić information content (AvgIpc) is 2.54. The summed E-state index contributed by atoms with van der Waals surface area (Å²) in [5, 5.41) is 0. The molecule has 1 saturated carbocycles. The predicted octanol–water partition coefficient (Wildman–Crippen LogP) is 4.79. The molecule has 0 radical (unpaired) electrons. The Bertz CT molecular complexity index is 625. The molecule has 136 valence electrons. The van der Waals surface area contributed by atoms with Crippen LogP contribution in [0.2, 0.25) is 0 Å². The third-order valence-corrected chi connectivity index (χ3v) is 4.25. The van der Waals surface area contributed by atoms with E-state index in [9.17, 15) is 9.59 Å². The Morgan fingerprint density at radius 2 is 1.72 bits per heavy atom. The van der Waals surface area contributed by atoms with Gasteiger partial charge in [-0.05, 0) is 77.0 Å². The Hall–Kier alpha value is -2.10. The number of hydrogen-bond donors (Lipinski definition) is 0. The van der Waals surface area contributed by atoms with Crippen molar-refractivity contribution in [2.24, 2.45) is 0 Å². The largest absolute Gasteiger partial charge is 0.462 e. The first kappa shape index (κ1) is 19.2. The van der Waals surface area contributed by atoms with Gasteiger partial charge in [0.15, 0.2) is 0 Å². The van der Waals surface area contributed by atoms with Crippen LogP contribution in [0.3, 0.4) is 0 Å². The molecule has 0 aliphatic heterocycles. The fourth-order valence-electron chi connectivity index (χ4n) is 3.07. The molecule has 1 fully saturated rings. The molecule has 0 bridgehead atoms. The summed E-state index contributed by atoms with van der Waals surface area (Å²) in [6, 6.07) is 7.69. The molecule has 1 aliphatic rings. The fraction of sp³-hybridized carbons (Fsp3) is 0.524. The molecule has 0 atom stereocenters. The molecule has 0 N–H and O–H groups in total. The molecular weight excluding hydrogens is 316 g/mol. The van der Waals surface area contributed by atoms with E-state index in [4.69, 9.17) is 9.47 Å². The lowest BCUT2D eigenvalue weighted by atomic mass is 9.81. The molecule has 0 heterocycles. The molecule has 25 heavy (non-hydrogen) atoms. The second kappa shape index (κ2) is 8.32. The van der Waals surface area contributed by atoms with Crippen molar-refractivity contribution < 1.29 is 19.1 Å². The molecular formula is C21H28O4. The maximum Gasteiger partial charge on any atom is 0.338 e. The summed E-state index contributed by atoms with van der Waals surface area (Å²) >= 11 is 0. The SMILES string of the molecule is CCOC(=O)c1ccc(C2CCC(=CC(=O)OC(C)(C)C)CC2)cc1. The van der Waals surface area contributed by atoms with Crippen molar-refractivity contribution in [3.8, 4) is 0 Å². The minimum Gasteiger partial charge on any atom is -0.462 e. The third-order valence-electron chi connectivity index (χ3n) is 4.25. The standard InChI is InChI=1S/C21H28O4/c1-5-24-20(23)18-12-10-17(11-13-18)16-8-6-15(7-9-16)14-19(22)25-21(2,3)4/h10-14,16H,5-9H2,1-4H3. The number of benzene rings is 1. The van der Waals surface area contributed by atoms with Crippen molar-refractivity contribution in [1.29, 1.82) is 0 Å². The summed E-state index contributed by atoms with van der Waals surface area (Å²) in [7, 11) is 0. The fourth-order valence-corrected chi connectivity index (χ4v) is 3.07.